The van der Waals surface area contributed by atoms with E-state index in [0.29, 0.717) is 5.75 Å². The molecule has 0 saturated carbocycles. The molecule has 1 heteroatoms. The van der Waals surface area contributed by atoms with Crippen molar-refractivity contribution in [1.82, 2.24) is 0 Å². The van der Waals surface area contributed by atoms with Crippen LogP contribution in [0.5, 0.6) is 5.75 Å². The standard InChI is InChI=1S/C17H18O/c1-2-3-4-5-6-7-14-8-9-16-13-17(18)11-10-15(16)12-14/h8-13,18H,2-4,7H2,1H3. The van der Waals surface area contributed by atoms with Gasteiger partial charge in [-0.05, 0) is 34.9 Å². The maximum Gasteiger partial charge on any atom is 0.116 e. The topological polar surface area (TPSA) is 20.2 Å². The first-order chi connectivity index (χ1) is 8.79. The first-order valence-corrected chi connectivity index (χ1v) is 6.47. The van der Waals surface area contributed by atoms with Crippen molar-refractivity contribution in [3.63, 3.8) is 0 Å². The van der Waals surface area contributed by atoms with E-state index in [2.05, 4.69) is 30.9 Å². The maximum absolute atomic E-state index is 9.40. The second-order valence-electron chi connectivity index (χ2n) is 4.50. The van der Waals surface area contributed by atoms with Crippen molar-refractivity contribution in [2.75, 3.05) is 0 Å². The molecule has 0 heterocycles. The van der Waals surface area contributed by atoms with Gasteiger partial charge in [0.05, 0.1) is 0 Å². The second kappa shape index (κ2) is 6.12. The van der Waals surface area contributed by atoms with Gasteiger partial charge in [-0.25, -0.2) is 0 Å². The molecular formula is C17H18O. The number of hydrogen-bond acceptors (Lipinski definition) is 1. The van der Waals surface area contributed by atoms with Gasteiger partial charge in [0.25, 0.3) is 0 Å². The van der Waals surface area contributed by atoms with Gasteiger partial charge in [-0.3, -0.25) is 0 Å². The monoisotopic (exact) mass is 238 g/mol. The molecule has 0 bridgehead atoms. The van der Waals surface area contributed by atoms with Crippen molar-refractivity contribution in [2.24, 2.45) is 0 Å². The molecule has 0 saturated heterocycles. The lowest BCUT2D eigenvalue weighted by molar-refractivity contribution is 0.476. The summed E-state index contributed by atoms with van der Waals surface area (Å²) in [6.45, 7) is 2.18. The molecule has 2 aromatic rings. The van der Waals surface area contributed by atoms with Crippen molar-refractivity contribution < 1.29 is 5.11 Å². The number of fused-ring (bicyclic) bond motifs is 1. The lowest BCUT2D eigenvalue weighted by Gasteiger charge is -2.01. The van der Waals surface area contributed by atoms with E-state index >= 15 is 0 Å². The molecule has 2 aromatic carbocycles. The molecule has 0 atom stereocenters. The zero-order valence-electron chi connectivity index (χ0n) is 10.7. The highest BCUT2D eigenvalue weighted by molar-refractivity contribution is 5.84. The largest absolute Gasteiger partial charge is 0.508 e. The van der Waals surface area contributed by atoms with Crippen LogP contribution in [-0.2, 0) is 6.42 Å². The Morgan fingerprint density at radius 2 is 1.78 bits per heavy atom. The van der Waals surface area contributed by atoms with Gasteiger partial charge in [-0.2, -0.15) is 0 Å². The zero-order chi connectivity index (χ0) is 12.8. The molecule has 0 spiro atoms. The molecule has 1 N–H and O–H groups in total. The van der Waals surface area contributed by atoms with Crippen molar-refractivity contribution in [1.29, 1.82) is 0 Å². The number of unbranched alkanes of at least 4 members (excludes halogenated alkanes) is 2. The van der Waals surface area contributed by atoms with Gasteiger partial charge >= 0.3 is 0 Å². The van der Waals surface area contributed by atoms with E-state index in [1.54, 1.807) is 12.1 Å². The Kier molecular flexibility index (Phi) is 4.25. The average molecular weight is 238 g/mol. The Bertz CT molecular complexity index is 587. The molecule has 0 fully saturated rings. The third kappa shape index (κ3) is 3.28. The summed E-state index contributed by atoms with van der Waals surface area (Å²) in [5.74, 6) is 6.73. The first-order valence-electron chi connectivity index (χ1n) is 6.47. The van der Waals surface area contributed by atoms with Crippen molar-refractivity contribution >= 4 is 10.8 Å². The lowest BCUT2D eigenvalue weighted by Crippen LogP contribution is -1.82. The van der Waals surface area contributed by atoms with Crippen LogP contribution in [0.3, 0.4) is 0 Å². The Labute approximate surface area is 108 Å². The van der Waals surface area contributed by atoms with E-state index < -0.39 is 0 Å². The van der Waals surface area contributed by atoms with Crippen LogP contribution in [0.2, 0.25) is 0 Å². The number of rotatable bonds is 3. The molecular weight excluding hydrogens is 220 g/mol. The summed E-state index contributed by atoms with van der Waals surface area (Å²) in [5.41, 5.74) is 1.23. The van der Waals surface area contributed by atoms with Crippen LogP contribution in [0.25, 0.3) is 10.8 Å². The smallest absolute Gasteiger partial charge is 0.116 e. The molecule has 0 amide bonds. The molecule has 0 radical (unpaired) electrons. The normalized spacial score (nSPS) is 10.1. The van der Waals surface area contributed by atoms with Crippen LogP contribution in [-0.4, -0.2) is 5.11 Å². The number of aromatic hydroxyl groups is 1. The van der Waals surface area contributed by atoms with Gasteiger partial charge < -0.3 is 5.11 Å². The Morgan fingerprint density at radius 3 is 2.61 bits per heavy atom. The summed E-state index contributed by atoms with van der Waals surface area (Å²) in [6, 6.07) is 11.7. The predicted octanol–water partition coefficient (Wildman–Crippen LogP) is 4.28. The van der Waals surface area contributed by atoms with Crippen LogP contribution in [0.15, 0.2) is 36.4 Å². The fourth-order valence-corrected chi connectivity index (χ4v) is 1.91. The van der Waals surface area contributed by atoms with Crippen LogP contribution in [0.4, 0.5) is 0 Å². The molecule has 0 aliphatic rings. The summed E-state index contributed by atoms with van der Waals surface area (Å²) in [5, 5.41) is 11.6. The van der Waals surface area contributed by atoms with Gasteiger partial charge in [0.2, 0.25) is 0 Å². The number of phenols is 1. The van der Waals surface area contributed by atoms with E-state index in [0.717, 1.165) is 23.6 Å². The molecule has 0 aliphatic heterocycles. The summed E-state index contributed by atoms with van der Waals surface area (Å²) < 4.78 is 0. The fraction of sp³-hybridized carbons (Fsp3) is 0.294. The summed E-state index contributed by atoms with van der Waals surface area (Å²) >= 11 is 0. The van der Waals surface area contributed by atoms with Gasteiger partial charge in [0, 0.05) is 12.8 Å². The highest BCUT2D eigenvalue weighted by Gasteiger charge is 1.96. The summed E-state index contributed by atoms with van der Waals surface area (Å²) in [7, 11) is 0. The minimum absolute atomic E-state index is 0.314. The lowest BCUT2D eigenvalue weighted by atomic mass is 10.0. The molecule has 0 aromatic heterocycles. The van der Waals surface area contributed by atoms with E-state index in [1.165, 1.54) is 18.4 Å². The highest BCUT2D eigenvalue weighted by atomic mass is 16.3. The van der Waals surface area contributed by atoms with E-state index in [4.69, 9.17) is 0 Å². The Balaban J connectivity index is 2.10. The first kappa shape index (κ1) is 12.5. The molecule has 92 valence electrons. The maximum atomic E-state index is 9.40. The molecule has 18 heavy (non-hydrogen) atoms. The highest BCUT2D eigenvalue weighted by Crippen LogP contribution is 2.21. The average Bonchev–Trinajstić information content (AvgIpc) is 2.38. The van der Waals surface area contributed by atoms with Crippen molar-refractivity contribution in [3.05, 3.63) is 42.0 Å². The third-order valence-electron chi connectivity index (χ3n) is 2.96. The minimum atomic E-state index is 0.314. The molecule has 2 rings (SSSR count). The van der Waals surface area contributed by atoms with Crippen LogP contribution >= 0.6 is 0 Å². The number of benzene rings is 2. The third-order valence-corrected chi connectivity index (χ3v) is 2.96. The summed E-state index contributed by atoms with van der Waals surface area (Å²) in [4.78, 5) is 0. The number of hydrogen-bond donors (Lipinski definition) is 1. The van der Waals surface area contributed by atoms with Crippen LogP contribution < -0.4 is 0 Å². The van der Waals surface area contributed by atoms with Gasteiger partial charge in [0.1, 0.15) is 5.75 Å². The predicted molar refractivity (Wildman–Crippen MR) is 76.6 cm³/mol. The minimum Gasteiger partial charge on any atom is -0.508 e. The molecule has 0 aliphatic carbocycles. The van der Waals surface area contributed by atoms with Gasteiger partial charge in [-0.15, -0.1) is 5.92 Å². The van der Waals surface area contributed by atoms with E-state index in [1.807, 2.05) is 12.1 Å². The van der Waals surface area contributed by atoms with Crippen molar-refractivity contribution in [2.45, 2.75) is 32.6 Å². The Morgan fingerprint density at radius 1 is 1.00 bits per heavy atom. The molecule has 0 unspecified atom stereocenters. The fourth-order valence-electron chi connectivity index (χ4n) is 1.91. The zero-order valence-corrected chi connectivity index (χ0v) is 10.7. The van der Waals surface area contributed by atoms with Crippen LogP contribution in [0, 0.1) is 11.8 Å². The Hall–Kier alpha value is -1.94. The quantitative estimate of drug-likeness (QED) is 0.625. The molecule has 1 nitrogen and oxygen atoms in total. The SMILES string of the molecule is CCCCC#CCc1ccc2cc(O)ccc2c1. The van der Waals surface area contributed by atoms with Gasteiger partial charge in [0.15, 0.2) is 0 Å². The van der Waals surface area contributed by atoms with E-state index in [9.17, 15) is 5.11 Å². The second-order valence-corrected chi connectivity index (χ2v) is 4.50. The van der Waals surface area contributed by atoms with Crippen molar-refractivity contribution in [3.8, 4) is 17.6 Å². The number of phenolic OH excluding ortho intramolecular Hbond substituents is 1. The van der Waals surface area contributed by atoms with E-state index in [-0.39, 0.29) is 0 Å². The summed E-state index contributed by atoms with van der Waals surface area (Å²) in [6.07, 6.45) is 4.19. The van der Waals surface area contributed by atoms with Gasteiger partial charge in [-0.1, -0.05) is 43.5 Å². The van der Waals surface area contributed by atoms with Crippen LogP contribution in [0.1, 0.15) is 31.7 Å².